The molecule has 0 saturated carbocycles. The minimum atomic E-state index is -6.09. The maximum Gasteiger partial charge on any atom is 0.485 e. The molecule has 194 valence electrons. The van der Waals surface area contributed by atoms with Crippen molar-refractivity contribution in [1.29, 1.82) is 0 Å². The molecule has 0 heterocycles. The van der Waals surface area contributed by atoms with Crippen molar-refractivity contribution in [3.05, 3.63) is 120 Å². The Kier molecular flexibility index (Phi) is 9.72. The predicted octanol–water partition coefficient (Wildman–Crippen LogP) is 3.66. The van der Waals surface area contributed by atoms with E-state index >= 15 is 0 Å². The topological polar surface area (TPSA) is 57.2 Å². The summed E-state index contributed by atoms with van der Waals surface area (Å²) in [5.41, 5.74) is -1.34. The van der Waals surface area contributed by atoms with Gasteiger partial charge in [-0.25, -0.2) is 8.42 Å². The second-order valence-corrected chi connectivity index (χ2v) is 27.9. The van der Waals surface area contributed by atoms with Crippen molar-refractivity contribution in [2.75, 3.05) is 0 Å². The molecule has 0 aliphatic heterocycles. The van der Waals surface area contributed by atoms with Crippen LogP contribution in [0.15, 0.2) is 103 Å². The molecule has 4 aromatic rings. The van der Waals surface area contributed by atoms with E-state index < -0.39 is 44.4 Å². The van der Waals surface area contributed by atoms with Gasteiger partial charge in [-0.3, -0.25) is 0 Å². The normalized spacial score (nSPS) is 12.0. The molecule has 3 nitrogen and oxygen atoms in total. The van der Waals surface area contributed by atoms with Crippen molar-refractivity contribution in [1.82, 2.24) is 0 Å². The Bertz CT molecular complexity index is 1310. The van der Waals surface area contributed by atoms with Crippen LogP contribution < -0.4 is 16.7 Å². The summed E-state index contributed by atoms with van der Waals surface area (Å²) in [6.07, 6.45) is 0. The second kappa shape index (κ2) is 12.2. The average molecular weight is 702 g/mol. The first-order valence-electron chi connectivity index (χ1n) is 11.2. The van der Waals surface area contributed by atoms with Gasteiger partial charge in [-0.15, -0.1) is 0 Å². The SMILES string of the molecule is Cc1cc(C)c([Te][As+](c2ccccc2)(c2ccccc2)c2ccccc2)c(C)c1.O=S(=O)([O-])C(F)(F)F. The van der Waals surface area contributed by atoms with E-state index in [2.05, 4.69) is 124 Å². The molecule has 4 aromatic carbocycles. The number of rotatable bonds is 5. The maximum absolute atomic E-state index is 10.7. The van der Waals surface area contributed by atoms with Crippen LogP contribution in [0.25, 0.3) is 0 Å². The third-order valence-electron chi connectivity index (χ3n) is 5.48. The number of hydrogen-bond acceptors (Lipinski definition) is 3. The fraction of sp³-hybridized carbons (Fsp3) is 0.143. The third kappa shape index (κ3) is 7.07. The molecule has 9 heteroatoms. The second-order valence-electron chi connectivity index (χ2n) is 8.33. The van der Waals surface area contributed by atoms with Gasteiger partial charge in [0.15, 0.2) is 10.1 Å². The largest absolute Gasteiger partial charge is 0.741 e. The molecule has 0 atom stereocenters. The van der Waals surface area contributed by atoms with E-state index in [9.17, 15) is 13.2 Å². The molecule has 0 spiro atoms. The zero-order valence-electron chi connectivity index (χ0n) is 20.4. The molecule has 0 fully saturated rings. The summed E-state index contributed by atoms with van der Waals surface area (Å²) in [6.45, 7) is 6.83. The summed E-state index contributed by atoms with van der Waals surface area (Å²) in [6, 6.07) is 38.8. The molecular formula is C28H26AsF3O3STe. The number of halogens is 3. The Balaban J connectivity index is 0.000000414. The molecule has 0 aliphatic carbocycles. The zero-order valence-corrected chi connectivity index (χ0v) is 25.5. The van der Waals surface area contributed by atoms with Crippen molar-refractivity contribution in [2.45, 2.75) is 26.3 Å². The molecule has 0 bridgehead atoms. The number of alkyl halides is 3. The van der Waals surface area contributed by atoms with E-state index in [0.29, 0.717) is 0 Å². The minimum Gasteiger partial charge on any atom is -0.741 e. The van der Waals surface area contributed by atoms with Crippen molar-refractivity contribution in [3.8, 4) is 0 Å². The Hall–Kier alpha value is -2.07. The van der Waals surface area contributed by atoms with E-state index in [1.165, 1.54) is 16.7 Å². The van der Waals surface area contributed by atoms with Crippen LogP contribution >= 0.6 is 0 Å². The van der Waals surface area contributed by atoms with Crippen LogP contribution in [0.1, 0.15) is 16.7 Å². The zero-order chi connectivity index (χ0) is 27.3. The summed E-state index contributed by atoms with van der Waals surface area (Å²) in [7, 11) is -8.68. The van der Waals surface area contributed by atoms with Gasteiger partial charge >= 0.3 is 192 Å². The van der Waals surface area contributed by atoms with Crippen LogP contribution in [0.5, 0.6) is 0 Å². The quantitative estimate of drug-likeness (QED) is 0.182. The Morgan fingerprint density at radius 1 is 0.676 bits per heavy atom. The van der Waals surface area contributed by atoms with Gasteiger partial charge in [0.2, 0.25) is 0 Å². The molecule has 0 saturated heterocycles. The number of aryl methyl sites for hydroxylation is 3. The molecule has 37 heavy (non-hydrogen) atoms. The fourth-order valence-electron chi connectivity index (χ4n) is 3.97. The van der Waals surface area contributed by atoms with Gasteiger partial charge < -0.3 is 4.55 Å². The van der Waals surface area contributed by atoms with E-state index in [1.807, 2.05) is 0 Å². The Morgan fingerprint density at radius 3 is 1.24 bits per heavy atom. The first-order valence-corrected chi connectivity index (χ1v) is 22.8. The summed E-state index contributed by atoms with van der Waals surface area (Å²) >= 11 is -0.492. The smallest absolute Gasteiger partial charge is 0.485 e. The van der Waals surface area contributed by atoms with Gasteiger partial charge in [0.25, 0.3) is 0 Å². The van der Waals surface area contributed by atoms with Gasteiger partial charge in [-0.05, 0) is 0 Å². The van der Waals surface area contributed by atoms with Gasteiger partial charge in [-0.1, -0.05) is 0 Å². The fourth-order valence-corrected chi connectivity index (χ4v) is 30.2. The van der Waals surface area contributed by atoms with Crippen LogP contribution in [-0.2, 0) is 10.1 Å². The van der Waals surface area contributed by atoms with Gasteiger partial charge in [-0.2, -0.15) is 13.2 Å². The maximum atomic E-state index is 10.7. The van der Waals surface area contributed by atoms with E-state index in [-0.39, 0.29) is 0 Å². The van der Waals surface area contributed by atoms with Gasteiger partial charge in [0, 0.05) is 0 Å². The van der Waals surface area contributed by atoms with Crippen LogP contribution in [0.2, 0.25) is 0 Å². The molecule has 0 unspecified atom stereocenters. The van der Waals surface area contributed by atoms with Crippen molar-refractivity contribution < 1.29 is 26.1 Å². The molecule has 0 N–H and O–H groups in total. The summed E-state index contributed by atoms with van der Waals surface area (Å²) in [5, 5.41) is 0. The monoisotopic (exact) mass is 704 g/mol. The van der Waals surface area contributed by atoms with Gasteiger partial charge in [0.05, 0.1) is 0 Å². The molecule has 0 amide bonds. The Morgan fingerprint density at radius 2 is 0.973 bits per heavy atom. The standard InChI is InChI=1S/C27H26AsTe.CHF3O3S/c1-21-19-22(2)27(23(3)20-21)29-28(24-13-7-4-8-14-24,25-15-9-5-10-16-25)26-17-11-6-12-18-26;2-1(3,4)8(5,6)7/h4-20H,1-3H3;(H,5,6,7)/q+1;/p-1. The Labute approximate surface area is 226 Å². The van der Waals surface area contributed by atoms with Crippen molar-refractivity contribution >= 4 is 55.5 Å². The molecule has 0 radical (unpaired) electrons. The first-order chi connectivity index (χ1) is 17.4. The van der Waals surface area contributed by atoms with E-state index in [4.69, 9.17) is 13.0 Å². The number of benzene rings is 4. The van der Waals surface area contributed by atoms with Crippen LogP contribution in [0, 0.1) is 20.8 Å². The number of hydrogen-bond donors (Lipinski definition) is 0. The molecule has 0 aromatic heterocycles. The third-order valence-corrected chi connectivity index (χ3v) is 31.4. The summed E-state index contributed by atoms with van der Waals surface area (Å²) < 4.78 is 65.2. The van der Waals surface area contributed by atoms with Crippen LogP contribution in [0.3, 0.4) is 0 Å². The van der Waals surface area contributed by atoms with E-state index in [0.717, 1.165) is 0 Å². The minimum absolute atomic E-state index is 0.492. The van der Waals surface area contributed by atoms with Crippen LogP contribution in [-0.4, -0.2) is 47.2 Å². The van der Waals surface area contributed by atoms with Crippen molar-refractivity contribution in [3.63, 3.8) is 0 Å². The molecule has 0 aliphatic rings. The first kappa shape index (κ1) is 29.5. The molecular weight excluding hydrogens is 676 g/mol. The predicted molar refractivity (Wildman–Crippen MR) is 146 cm³/mol. The van der Waals surface area contributed by atoms with Gasteiger partial charge in [0.1, 0.15) is 0 Å². The molecule has 4 rings (SSSR count). The summed E-state index contributed by atoms with van der Waals surface area (Å²) in [4.78, 5) is 0. The van der Waals surface area contributed by atoms with E-state index in [1.54, 1.807) is 16.7 Å². The van der Waals surface area contributed by atoms with Crippen LogP contribution in [0.4, 0.5) is 13.2 Å². The summed E-state index contributed by atoms with van der Waals surface area (Å²) in [5.74, 6) is 0. The average Bonchev–Trinajstić information content (AvgIpc) is 2.85. The van der Waals surface area contributed by atoms with Crippen molar-refractivity contribution in [2.24, 2.45) is 0 Å².